The molecule has 2 rings (SSSR count). The summed E-state index contributed by atoms with van der Waals surface area (Å²) in [7, 11) is 1.70. The van der Waals surface area contributed by atoms with Crippen LogP contribution in [0, 0.1) is 5.92 Å². The maximum Gasteiger partial charge on any atom is 0.0963 e. The lowest BCUT2D eigenvalue weighted by Crippen LogP contribution is -2.52. The lowest BCUT2D eigenvalue weighted by molar-refractivity contribution is -0.156. The van der Waals surface area contributed by atoms with Crippen LogP contribution in [0.2, 0.25) is 0 Å². The molecular weight excluding hydrogens is 296 g/mol. The third-order valence-electron chi connectivity index (χ3n) is 4.11. The van der Waals surface area contributed by atoms with Crippen LogP contribution in [0.15, 0.2) is 0 Å². The average Bonchev–Trinajstić information content (AvgIpc) is 2.36. The lowest BCUT2D eigenvalue weighted by atomic mass is 9.87. The van der Waals surface area contributed by atoms with E-state index >= 15 is 0 Å². The van der Waals surface area contributed by atoms with Gasteiger partial charge >= 0.3 is 0 Å². The van der Waals surface area contributed by atoms with E-state index in [0.717, 1.165) is 12.3 Å². The first-order valence-corrected chi connectivity index (χ1v) is 8.02. The van der Waals surface area contributed by atoms with E-state index < -0.39 is 0 Å². The second kappa shape index (κ2) is 7.22. The minimum absolute atomic E-state index is 0.208. The van der Waals surface area contributed by atoms with Gasteiger partial charge in [0.25, 0.3) is 0 Å². The van der Waals surface area contributed by atoms with E-state index in [-0.39, 0.29) is 12.2 Å². The zero-order valence-corrected chi connectivity index (χ0v) is 13.0. The highest BCUT2D eigenvalue weighted by Gasteiger charge is 2.42. The molecule has 0 aliphatic heterocycles. The first kappa shape index (κ1) is 14.8. The Morgan fingerprint density at radius 3 is 2.44 bits per heavy atom. The minimum atomic E-state index is 0.208. The number of methoxy groups -OCH3 is 1. The van der Waals surface area contributed by atoms with Crippen LogP contribution in [-0.4, -0.2) is 43.5 Å². The summed E-state index contributed by atoms with van der Waals surface area (Å²) in [4.78, 5) is 0.446. The van der Waals surface area contributed by atoms with Crippen molar-refractivity contribution >= 4 is 15.9 Å². The van der Waals surface area contributed by atoms with E-state index in [0.29, 0.717) is 24.1 Å². The third kappa shape index (κ3) is 3.92. The first-order chi connectivity index (χ1) is 8.70. The molecule has 0 amide bonds. The van der Waals surface area contributed by atoms with Crippen LogP contribution in [0.5, 0.6) is 0 Å². The Morgan fingerprint density at radius 1 is 1.11 bits per heavy atom. The normalized spacial score (nSPS) is 40.5. The van der Waals surface area contributed by atoms with E-state index in [1.807, 2.05) is 0 Å². The molecule has 2 fully saturated rings. The number of ether oxygens (including phenoxy) is 3. The highest BCUT2D eigenvalue weighted by Crippen LogP contribution is 2.36. The summed E-state index contributed by atoms with van der Waals surface area (Å²) in [5.41, 5.74) is 0. The Balaban J connectivity index is 1.69. The Labute approximate surface area is 119 Å². The Kier molecular flexibility index (Phi) is 5.93. The topological polar surface area (TPSA) is 27.7 Å². The first-order valence-electron chi connectivity index (χ1n) is 7.10. The van der Waals surface area contributed by atoms with Gasteiger partial charge in [0.05, 0.1) is 31.5 Å². The Hall–Kier alpha value is 0.360. The van der Waals surface area contributed by atoms with Crippen LogP contribution >= 0.6 is 15.9 Å². The van der Waals surface area contributed by atoms with Crippen LogP contribution in [-0.2, 0) is 14.2 Å². The molecule has 2 aliphatic rings. The standard InChI is InChI=1S/C14H25BrO3/c1-10-3-5-11(6-4-10)18-13-9-12(15)14(13)17-8-7-16-2/h10-14H,3-9H2,1-2H3. The molecule has 3 atom stereocenters. The summed E-state index contributed by atoms with van der Waals surface area (Å²) < 4.78 is 17.0. The van der Waals surface area contributed by atoms with Gasteiger partial charge in [-0.15, -0.1) is 0 Å². The molecule has 18 heavy (non-hydrogen) atoms. The molecule has 3 unspecified atom stereocenters. The predicted molar refractivity (Wildman–Crippen MR) is 75.2 cm³/mol. The molecule has 0 aromatic carbocycles. The number of hydrogen-bond donors (Lipinski definition) is 0. The maximum atomic E-state index is 6.19. The van der Waals surface area contributed by atoms with Crippen LogP contribution < -0.4 is 0 Å². The molecule has 4 heteroatoms. The Morgan fingerprint density at radius 2 is 1.83 bits per heavy atom. The van der Waals surface area contributed by atoms with Gasteiger partial charge in [-0.2, -0.15) is 0 Å². The zero-order valence-electron chi connectivity index (χ0n) is 11.4. The monoisotopic (exact) mass is 320 g/mol. The van der Waals surface area contributed by atoms with E-state index in [1.54, 1.807) is 7.11 Å². The molecule has 2 aliphatic carbocycles. The van der Waals surface area contributed by atoms with Crippen molar-refractivity contribution in [2.75, 3.05) is 20.3 Å². The van der Waals surface area contributed by atoms with Gasteiger partial charge in [0.1, 0.15) is 0 Å². The number of rotatable bonds is 6. The molecule has 2 saturated carbocycles. The van der Waals surface area contributed by atoms with Crippen molar-refractivity contribution in [3.8, 4) is 0 Å². The van der Waals surface area contributed by atoms with Crippen molar-refractivity contribution in [1.29, 1.82) is 0 Å². The largest absolute Gasteiger partial charge is 0.382 e. The average molecular weight is 321 g/mol. The van der Waals surface area contributed by atoms with E-state index in [9.17, 15) is 0 Å². The molecule has 0 bridgehead atoms. The van der Waals surface area contributed by atoms with Crippen molar-refractivity contribution in [2.45, 2.75) is 62.2 Å². The highest BCUT2D eigenvalue weighted by molar-refractivity contribution is 9.09. The van der Waals surface area contributed by atoms with Gasteiger partial charge in [-0.05, 0) is 38.0 Å². The van der Waals surface area contributed by atoms with Crippen molar-refractivity contribution in [3.05, 3.63) is 0 Å². The summed E-state index contributed by atoms with van der Waals surface area (Å²) in [6.07, 6.45) is 7.08. The van der Waals surface area contributed by atoms with E-state index in [4.69, 9.17) is 14.2 Å². The van der Waals surface area contributed by atoms with Gasteiger partial charge in [-0.3, -0.25) is 0 Å². The van der Waals surface area contributed by atoms with Crippen LogP contribution in [0.3, 0.4) is 0 Å². The molecule has 0 radical (unpaired) electrons. The molecule has 0 aromatic rings. The molecule has 0 spiro atoms. The summed E-state index contributed by atoms with van der Waals surface area (Å²) in [5.74, 6) is 0.879. The fourth-order valence-corrected chi connectivity index (χ4v) is 3.61. The van der Waals surface area contributed by atoms with E-state index in [2.05, 4.69) is 22.9 Å². The van der Waals surface area contributed by atoms with E-state index in [1.165, 1.54) is 25.7 Å². The zero-order chi connectivity index (χ0) is 13.0. The fraction of sp³-hybridized carbons (Fsp3) is 1.00. The smallest absolute Gasteiger partial charge is 0.0963 e. The quantitative estimate of drug-likeness (QED) is 0.556. The summed E-state index contributed by atoms with van der Waals surface area (Å²) in [6.45, 7) is 3.65. The van der Waals surface area contributed by atoms with Crippen molar-refractivity contribution in [1.82, 2.24) is 0 Å². The van der Waals surface area contributed by atoms with Crippen molar-refractivity contribution < 1.29 is 14.2 Å². The molecule has 106 valence electrons. The molecule has 0 N–H and O–H groups in total. The molecular formula is C14H25BrO3. The second-order valence-corrected chi connectivity index (χ2v) is 6.81. The fourth-order valence-electron chi connectivity index (χ4n) is 2.75. The lowest BCUT2D eigenvalue weighted by Gasteiger charge is -2.43. The van der Waals surface area contributed by atoms with Crippen LogP contribution in [0.1, 0.15) is 39.0 Å². The van der Waals surface area contributed by atoms with Gasteiger partial charge in [0.15, 0.2) is 0 Å². The molecule has 3 nitrogen and oxygen atoms in total. The van der Waals surface area contributed by atoms with Crippen LogP contribution in [0.25, 0.3) is 0 Å². The Bertz CT molecular complexity index is 241. The highest BCUT2D eigenvalue weighted by atomic mass is 79.9. The summed E-state index contributed by atoms with van der Waals surface area (Å²) in [5, 5.41) is 0. The number of alkyl halides is 1. The minimum Gasteiger partial charge on any atom is -0.382 e. The van der Waals surface area contributed by atoms with Gasteiger partial charge in [0, 0.05) is 11.9 Å². The predicted octanol–water partition coefficient (Wildman–Crippen LogP) is 3.15. The second-order valence-electron chi connectivity index (χ2n) is 5.64. The van der Waals surface area contributed by atoms with Gasteiger partial charge in [-0.25, -0.2) is 0 Å². The van der Waals surface area contributed by atoms with Crippen LogP contribution in [0.4, 0.5) is 0 Å². The summed E-state index contributed by atoms with van der Waals surface area (Å²) in [6, 6.07) is 0. The number of halogens is 1. The maximum absolute atomic E-state index is 6.19. The van der Waals surface area contributed by atoms with Gasteiger partial charge in [-0.1, -0.05) is 22.9 Å². The molecule has 0 aromatic heterocycles. The van der Waals surface area contributed by atoms with Gasteiger partial charge in [0.2, 0.25) is 0 Å². The SMILES string of the molecule is COCCOC1C(Br)CC1OC1CCC(C)CC1. The molecule has 0 heterocycles. The number of hydrogen-bond acceptors (Lipinski definition) is 3. The van der Waals surface area contributed by atoms with Crippen molar-refractivity contribution in [3.63, 3.8) is 0 Å². The summed E-state index contributed by atoms with van der Waals surface area (Å²) >= 11 is 3.65. The molecule has 0 saturated heterocycles. The third-order valence-corrected chi connectivity index (χ3v) is 5.00. The van der Waals surface area contributed by atoms with Gasteiger partial charge < -0.3 is 14.2 Å². The van der Waals surface area contributed by atoms with Crippen molar-refractivity contribution in [2.24, 2.45) is 5.92 Å².